The third kappa shape index (κ3) is 5.78. The van der Waals surface area contributed by atoms with Crippen LogP contribution in [0.3, 0.4) is 0 Å². The minimum atomic E-state index is -1.51. The van der Waals surface area contributed by atoms with Crippen LogP contribution in [-0.4, -0.2) is 50.5 Å². The van der Waals surface area contributed by atoms with Gasteiger partial charge in [-0.3, -0.25) is 13.4 Å². The molecule has 1 fully saturated rings. The molecule has 0 saturated carbocycles. The molecule has 1 heterocycles. The number of rotatable bonds is 8. The number of hydrogen-bond acceptors (Lipinski definition) is 3. The fraction of sp³-hybridized carbons (Fsp3) is 0.429. The van der Waals surface area contributed by atoms with E-state index in [0.29, 0.717) is 31.4 Å². The predicted molar refractivity (Wildman–Crippen MR) is 130 cm³/mol. The van der Waals surface area contributed by atoms with Gasteiger partial charge in [0.25, 0.3) is 0 Å². The van der Waals surface area contributed by atoms with Crippen molar-refractivity contribution < 1.29 is 8.42 Å². The van der Waals surface area contributed by atoms with Crippen LogP contribution >= 0.6 is 34.8 Å². The Morgan fingerprint density at radius 2 is 1.77 bits per heavy atom. The van der Waals surface area contributed by atoms with Crippen LogP contribution < -0.4 is 4.31 Å². The summed E-state index contributed by atoms with van der Waals surface area (Å²) < 4.78 is 27.2. The van der Waals surface area contributed by atoms with E-state index in [9.17, 15) is 8.42 Å². The molecule has 4 atom stereocenters. The molecule has 9 heteroatoms. The largest absolute Gasteiger partial charge is 0.297 e. The van der Waals surface area contributed by atoms with Gasteiger partial charge in [-0.2, -0.15) is 0 Å². The molecule has 0 aromatic heterocycles. The number of anilines is 1. The average Bonchev–Trinajstić information content (AvgIpc) is 3.18. The van der Waals surface area contributed by atoms with Gasteiger partial charge < -0.3 is 0 Å². The molecule has 164 valence electrons. The molecule has 2 aromatic carbocycles. The van der Waals surface area contributed by atoms with Crippen LogP contribution in [0.1, 0.15) is 19.8 Å². The maximum atomic E-state index is 13.7. The first-order chi connectivity index (χ1) is 14.3. The molecule has 0 N–H and O–H groups in total. The summed E-state index contributed by atoms with van der Waals surface area (Å²) in [6.07, 6.45) is 3.75. The summed E-state index contributed by atoms with van der Waals surface area (Å²) >= 11 is 18.8. The SMILES string of the molecule is CC(C1CCCN1CCS(C)=O)N(c1cc(Cl)ccc1Cl)S(=O)c1ccc(Cl)cc1. The molecule has 0 bridgehead atoms. The lowest BCUT2D eigenvalue weighted by atomic mass is 10.1. The van der Waals surface area contributed by atoms with Gasteiger partial charge in [0.15, 0.2) is 11.0 Å². The van der Waals surface area contributed by atoms with Gasteiger partial charge in [0, 0.05) is 45.4 Å². The summed E-state index contributed by atoms with van der Waals surface area (Å²) in [5.74, 6) is 0.626. The molecule has 0 spiro atoms. The minimum absolute atomic E-state index is 0.106. The Hall–Kier alpha value is -0.630. The normalized spacial score (nSPS) is 20.1. The predicted octanol–water partition coefficient (Wildman–Crippen LogP) is 5.41. The van der Waals surface area contributed by atoms with Crippen molar-refractivity contribution in [1.29, 1.82) is 0 Å². The number of likely N-dealkylation sites (tertiary alicyclic amines) is 1. The summed E-state index contributed by atoms with van der Waals surface area (Å²) in [5.41, 5.74) is 0.635. The number of nitrogens with zero attached hydrogens (tertiary/aromatic N) is 2. The summed E-state index contributed by atoms with van der Waals surface area (Å²) in [5, 5.41) is 1.61. The van der Waals surface area contributed by atoms with Gasteiger partial charge in [0.2, 0.25) is 0 Å². The number of hydrogen-bond donors (Lipinski definition) is 0. The van der Waals surface area contributed by atoms with Crippen molar-refractivity contribution in [1.82, 2.24) is 4.90 Å². The number of benzene rings is 2. The van der Waals surface area contributed by atoms with Crippen LogP contribution in [-0.2, 0) is 21.8 Å². The maximum absolute atomic E-state index is 13.7. The molecule has 0 aliphatic carbocycles. The lowest BCUT2D eigenvalue weighted by Gasteiger charge is -2.38. The monoisotopic (exact) mass is 506 g/mol. The number of halogens is 3. The first kappa shape index (κ1) is 24.0. The first-order valence-electron chi connectivity index (χ1n) is 9.73. The smallest absolute Gasteiger partial charge is 0.153 e. The average molecular weight is 508 g/mol. The van der Waals surface area contributed by atoms with Gasteiger partial charge in [-0.25, -0.2) is 4.21 Å². The van der Waals surface area contributed by atoms with E-state index in [2.05, 4.69) is 11.8 Å². The van der Waals surface area contributed by atoms with E-state index in [1.165, 1.54) is 0 Å². The van der Waals surface area contributed by atoms with Gasteiger partial charge in [-0.05, 0) is 68.8 Å². The van der Waals surface area contributed by atoms with Crippen molar-refractivity contribution >= 4 is 62.3 Å². The van der Waals surface area contributed by atoms with Gasteiger partial charge in [-0.1, -0.05) is 34.8 Å². The topological polar surface area (TPSA) is 40.6 Å². The third-order valence-electron chi connectivity index (χ3n) is 5.35. The molecular formula is C21H25Cl3N2O2S2. The molecule has 0 radical (unpaired) electrons. The van der Waals surface area contributed by atoms with E-state index in [0.717, 1.165) is 25.9 Å². The Bertz CT molecular complexity index is 927. The van der Waals surface area contributed by atoms with E-state index in [1.54, 1.807) is 48.7 Å². The van der Waals surface area contributed by atoms with E-state index in [-0.39, 0.29) is 12.1 Å². The van der Waals surface area contributed by atoms with Crippen LogP contribution in [0, 0.1) is 0 Å². The minimum Gasteiger partial charge on any atom is -0.297 e. The maximum Gasteiger partial charge on any atom is 0.153 e. The van der Waals surface area contributed by atoms with Crippen molar-refractivity contribution in [2.24, 2.45) is 0 Å². The molecule has 1 aliphatic heterocycles. The van der Waals surface area contributed by atoms with Crippen LogP contribution in [0.5, 0.6) is 0 Å². The highest BCUT2D eigenvalue weighted by molar-refractivity contribution is 7.86. The van der Waals surface area contributed by atoms with Crippen molar-refractivity contribution in [3.63, 3.8) is 0 Å². The first-order valence-corrected chi connectivity index (χ1v) is 13.7. The van der Waals surface area contributed by atoms with Gasteiger partial charge in [0.05, 0.1) is 21.6 Å². The van der Waals surface area contributed by atoms with Gasteiger partial charge in [-0.15, -0.1) is 0 Å². The molecule has 30 heavy (non-hydrogen) atoms. The molecule has 1 saturated heterocycles. The van der Waals surface area contributed by atoms with Crippen molar-refractivity contribution in [3.8, 4) is 0 Å². The highest BCUT2D eigenvalue weighted by atomic mass is 35.5. The van der Waals surface area contributed by atoms with Gasteiger partial charge >= 0.3 is 0 Å². The third-order valence-corrected chi connectivity index (χ3v) is 8.47. The lowest BCUT2D eigenvalue weighted by Crippen LogP contribution is -2.49. The molecule has 1 aliphatic rings. The Morgan fingerprint density at radius 1 is 1.10 bits per heavy atom. The Morgan fingerprint density at radius 3 is 2.43 bits per heavy atom. The fourth-order valence-corrected chi connectivity index (χ4v) is 6.27. The highest BCUT2D eigenvalue weighted by Gasteiger charge is 2.36. The summed E-state index contributed by atoms with van der Waals surface area (Å²) in [6, 6.07) is 12.3. The van der Waals surface area contributed by atoms with Crippen molar-refractivity contribution in [2.45, 2.75) is 36.7 Å². The molecule has 4 unspecified atom stereocenters. The molecule has 3 rings (SSSR count). The zero-order valence-electron chi connectivity index (χ0n) is 16.9. The highest BCUT2D eigenvalue weighted by Crippen LogP contribution is 2.36. The van der Waals surface area contributed by atoms with Crippen LogP contribution in [0.15, 0.2) is 47.4 Å². The van der Waals surface area contributed by atoms with E-state index < -0.39 is 21.8 Å². The van der Waals surface area contributed by atoms with Crippen molar-refractivity contribution in [3.05, 3.63) is 57.5 Å². The second-order valence-corrected chi connectivity index (χ2v) is 11.6. The summed E-state index contributed by atoms with van der Waals surface area (Å²) in [7, 11) is -2.36. The quantitative estimate of drug-likeness (QED) is 0.480. The Labute approximate surface area is 198 Å². The molecular weight excluding hydrogens is 483 g/mol. The summed E-state index contributed by atoms with van der Waals surface area (Å²) in [4.78, 5) is 2.98. The Kier molecular flexibility index (Phi) is 8.64. The lowest BCUT2D eigenvalue weighted by molar-refractivity contribution is 0.245. The van der Waals surface area contributed by atoms with Crippen LogP contribution in [0.25, 0.3) is 0 Å². The fourth-order valence-electron chi connectivity index (χ4n) is 3.86. The standard InChI is InChI=1S/C21H25Cl3N2O2S2/c1-15(20-4-3-11-25(20)12-13-29(2)27)26(21-14-17(23)7-10-19(21)24)30(28)18-8-5-16(22)6-9-18/h5-10,14-15,20H,3-4,11-13H2,1-2H3. The second kappa shape index (κ2) is 10.8. The van der Waals surface area contributed by atoms with Gasteiger partial charge in [0.1, 0.15) is 0 Å². The second-order valence-electron chi connectivity index (χ2n) is 7.39. The Balaban J connectivity index is 1.98. The zero-order valence-corrected chi connectivity index (χ0v) is 20.8. The molecule has 0 amide bonds. The zero-order chi connectivity index (χ0) is 21.8. The molecule has 2 aromatic rings. The van der Waals surface area contributed by atoms with E-state index in [4.69, 9.17) is 34.8 Å². The van der Waals surface area contributed by atoms with E-state index in [1.807, 2.05) is 4.31 Å². The summed E-state index contributed by atoms with van der Waals surface area (Å²) in [6.45, 7) is 3.76. The molecule has 4 nitrogen and oxygen atoms in total. The van der Waals surface area contributed by atoms with Crippen LogP contribution in [0.4, 0.5) is 5.69 Å². The van der Waals surface area contributed by atoms with Crippen LogP contribution in [0.2, 0.25) is 15.1 Å². The van der Waals surface area contributed by atoms with Crippen molar-refractivity contribution in [2.75, 3.05) is 29.4 Å². The van der Waals surface area contributed by atoms with E-state index >= 15 is 0 Å².